The van der Waals surface area contributed by atoms with Gasteiger partial charge in [-0.1, -0.05) is 81.8 Å². The summed E-state index contributed by atoms with van der Waals surface area (Å²) in [6, 6.07) is 17.4. The third-order valence-electron chi connectivity index (χ3n) is 6.91. The minimum absolute atomic E-state index is 0.101. The molecule has 0 bridgehead atoms. The fourth-order valence-electron chi connectivity index (χ4n) is 4.37. The van der Waals surface area contributed by atoms with Gasteiger partial charge in [0.25, 0.3) is 0 Å². The van der Waals surface area contributed by atoms with E-state index in [9.17, 15) is 8.63 Å². The average Bonchev–Trinajstić information content (AvgIpc) is 2.83. The van der Waals surface area contributed by atoms with E-state index in [1.807, 2.05) is 13.8 Å². The highest BCUT2D eigenvalue weighted by Gasteiger charge is 2.18. The minimum atomic E-state index is -2.71. The van der Waals surface area contributed by atoms with E-state index >= 15 is 0 Å². The number of hydrogen-bond donors (Lipinski definition) is 0. The molecule has 1 atom stereocenters. The highest BCUT2D eigenvalue weighted by Crippen LogP contribution is 2.35. The number of benzene rings is 2. The first-order valence-electron chi connectivity index (χ1n) is 12.8. The summed E-state index contributed by atoms with van der Waals surface area (Å²) >= 11 is 0. The van der Waals surface area contributed by atoms with Crippen LogP contribution in [0.2, 0.25) is 0 Å². The molecule has 196 valence electrons. The Kier molecular flexibility index (Phi) is 10.5. The molecule has 0 heterocycles. The van der Waals surface area contributed by atoms with Crippen molar-refractivity contribution in [3.8, 4) is 11.1 Å². The lowest BCUT2D eigenvalue weighted by Gasteiger charge is -2.22. The number of nitrogens with zero attached hydrogens (tertiary/aromatic N) is 2. The molecule has 0 radical (unpaired) electrons. The van der Waals surface area contributed by atoms with Gasteiger partial charge in [0, 0.05) is 24.4 Å². The van der Waals surface area contributed by atoms with E-state index in [0.717, 1.165) is 33.6 Å². The standard InChI is InChI=1S/C32H41BF2N2/c1-21(19-23(3)36-10)25(5)31(26(6)22(2)20-24(4)37-33(34)35)29-13-11-27(12-14-29)28-15-17-30(18-16-28)32(7,8)9/h11-20,25H,1-10H3/b21-19-,22-20-,31-26-,36-23+,37-24+. The minimum Gasteiger partial charge on any atom is -0.293 e. The molecular formula is C32H41BF2N2. The number of allylic oxidation sites excluding steroid dienone is 6. The second-order valence-corrected chi connectivity index (χ2v) is 10.8. The molecule has 0 aliphatic carbocycles. The zero-order valence-electron chi connectivity index (χ0n) is 24.1. The largest absolute Gasteiger partial charge is 0.692 e. The SMILES string of the molecule is C/N=C(C)/C=C(/C)C(C)/C(=C(C)/C(C)=C\C(C)=N\B(F)F)c1ccc(-c2ccc(C(C)(C)C)cc2)cc1. The van der Waals surface area contributed by atoms with Crippen LogP contribution in [0.5, 0.6) is 0 Å². The number of halogens is 2. The van der Waals surface area contributed by atoms with Crippen molar-refractivity contribution in [2.75, 3.05) is 7.05 Å². The van der Waals surface area contributed by atoms with Gasteiger partial charge in [-0.2, -0.15) is 0 Å². The molecule has 0 saturated heterocycles. The van der Waals surface area contributed by atoms with Crippen molar-refractivity contribution in [3.63, 3.8) is 0 Å². The molecule has 1 unspecified atom stereocenters. The smallest absolute Gasteiger partial charge is 0.293 e. The Morgan fingerprint density at radius 3 is 1.78 bits per heavy atom. The number of hydrogen-bond acceptors (Lipinski definition) is 2. The first kappa shape index (κ1) is 30.2. The molecule has 2 rings (SSSR count). The van der Waals surface area contributed by atoms with E-state index in [-0.39, 0.29) is 11.3 Å². The molecule has 0 aliphatic rings. The van der Waals surface area contributed by atoms with Gasteiger partial charge in [-0.3, -0.25) is 18.5 Å². The van der Waals surface area contributed by atoms with Crippen molar-refractivity contribution in [1.82, 2.24) is 0 Å². The number of rotatable bonds is 8. The molecule has 2 aromatic rings. The third kappa shape index (κ3) is 8.48. The molecule has 0 N–H and O–H groups in total. The lowest BCUT2D eigenvalue weighted by atomic mass is 9.82. The Hall–Kier alpha value is -3.08. The van der Waals surface area contributed by atoms with Crippen LogP contribution in [-0.2, 0) is 5.41 Å². The van der Waals surface area contributed by atoms with Crippen molar-refractivity contribution in [2.24, 2.45) is 15.8 Å². The Balaban J connectivity index is 2.59. The first-order chi connectivity index (χ1) is 17.2. The van der Waals surface area contributed by atoms with Gasteiger partial charge in [0.1, 0.15) is 0 Å². The predicted molar refractivity (Wildman–Crippen MR) is 160 cm³/mol. The van der Waals surface area contributed by atoms with Crippen LogP contribution in [-0.4, -0.2) is 25.9 Å². The summed E-state index contributed by atoms with van der Waals surface area (Å²) in [4.78, 5) is 7.67. The van der Waals surface area contributed by atoms with Gasteiger partial charge in [0.05, 0.1) is 0 Å². The Morgan fingerprint density at radius 2 is 1.32 bits per heavy atom. The van der Waals surface area contributed by atoms with Crippen LogP contribution in [0.15, 0.2) is 87.3 Å². The van der Waals surface area contributed by atoms with Crippen LogP contribution in [0.3, 0.4) is 0 Å². The molecule has 2 nitrogen and oxygen atoms in total. The maximum Gasteiger partial charge on any atom is 0.692 e. The highest BCUT2D eigenvalue weighted by atomic mass is 19.2. The third-order valence-corrected chi connectivity index (χ3v) is 6.91. The molecule has 2 aromatic carbocycles. The van der Waals surface area contributed by atoms with Crippen molar-refractivity contribution in [3.05, 3.63) is 88.5 Å². The summed E-state index contributed by atoms with van der Waals surface area (Å²) in [6.07, 6.45) is 3.84. The molecule has 0 amide bonds. The summed E-state index contributed by atoms with van der Waals surface area (Å²) in [5.41, 5.74) is 10.5. The molecular weight excluding hydrogens is 461 g/mol. The topological polar surface area (TPSA) is 24.7 Å². The van der Waals surface area contributed by atoms with Crippen LogP contribution in [0.1, 0.15) is 73.4 Å². The summed E-state index contributed by atoms with van der Waals surface area (Å²) in [7, 11) is -0.922. The van der Waals surface area contributed by atoms with Gasteiger partial charge in [-0.25, -0.2) is 0 Å². The second-order valence-electron chi connectivity index (χ2n) is 10.8. The maximum atomic E-state index is 12.8. The molecule has 0 saturated carbocycles. The molecule has 37 heavy (non-hydrogen) atoms. The zero-order chi connectivity index (χ0) is 27.9. The van der Waals surface area contributed by atoms with Crippen LogP contribution in [0.4, 0.5) is 8.63 Å². The molecule has 0 aliphatic heterocycles. The fraction of sp³-hybridized carbons (Fsp3) is 0.375. The van der Waals surface area contributed by atoms with Crippen LogP contribution in [0.25, 0.3) is 16.7 Å². The summed E-state index contributed by atoms with van der Waals surface area (Å²) < 4.78 is 25.5. The van der Waals surface area contributed by atoms with Gasteiger partial charge in [-0.05, 0) is 91.2 Å². The normalized spacial score (nSPS) is 15.5. The fourth-order valence-corrected chi connectivity index (χ4v) is 4.37. The van der Waals surface area contributed by atoms with Gasteiger partial charge in [-0.15, -0.1) is 0 Å². The Bertz CT molecular complexity index is 1220. The predicted octanol–water partition coefficient (Wildman–Crippen LogP) is 9.43. The highest BCUT2D eigenvalue weighted by molar-refractivity contribution is 6.43. The van der Waals surface area contributed by atoms with Gasteiger partial charge < -0.3 is 0 Å². The van der Waals surface area contributed by atoms with Gasteiger partial charge in [0.2, 0.25) is 0 Å². The van der Waals surface area contributed by atoms with E-state index in [0.29, 0.717) is 5.71 Å². The van der Waals surface area contributed by atoms with E-state index < -0.39 is 7.40 Å². The van der Waals surface area contributed by atoms with Crippen molar-refractivity contribution >= 4 is 24.4 Å². The van der Waals surface area contributed by atoms with Crippen molar-refractivity contribution in [1.29, 1.82) is 0 Å². The molecule has 0 fully saturated rings. The zero-order valence-corrected chi connectivity index (χ0v) is 24.1. The Morgan fingerprint density at radius 1 is 0.811 bits per heavy atom. The van der Waals surface area contributed by atoms with E-state index in [2.05, 4.69) is 106 Å². The summed E-state index contributed by atoms with van der Waals surface area (Å²) in [5.74, 6) is 0.101. The lowest BCUT2D eigenvalue weighted by molar-refractivity contribution is 0.590. The van der Waals surface area contributed by atoms with Gasteiger partial charge >= 0.3 is 7.40 Å². The maximum absolute atomic E-state index is 12.8. The molecule has 0 aromatic heterocycles. The van der Waals surface area contributed by atoms with Crippen LogP contribution in [0, 0.1) is 5.92 Å². The van der Waals surface area contributed by atoms with E-state index in [4.69, 9.17) is 0 Å². The van der Waals surface area contributed by atoms with Crippen molar-refractivity contribution in [2.45, 2.75) is 67.7 Å². The second kappa shape index (κ2) is 12.9. The first-order valence-corrected chi connectivity index (χ1v) is 12.8. The lowest BCUT2D eigenvalue weighted by Crippen LogP contribution is -2.10. The molecule has 0 spiro atoms. The van der Waals surface area contributed by atoms with Crippen LogP contribution >= 0.6 is 0 Å². The van der Waals surface area contributed by atoms with E-state index in [1.54, 1.807) is 20.0 Å². The monoisotopic (exact) mass is 502 g/mol. The van der Waals surface area contributed by atoms with Crippen molar-refractivity contribution < 1.29 is 8.63 Å². The Labute approximate surface area is 223 Å². The van der Waals surface area contributed by atoms with Gasteiger partial charge in [0.15, 0.2) is 0 Å². The summed E-state index contributed by atoms with van der Waals surface area (Å²) in [6.45, 7) is 18.6. The average molecular weight is 503 g/mol. The quantitative estimate of drug-likeness (QED) is 0.195. The van der Waals surface area contributed by atoms with Crippen LogP contribution < -0.4 is 0 Å². The molecule has 5 heteroatoms. The summed E-state index contributed by atoms with van der Waals surface area (Å²) in [5, 5.41) is 0. The number of aliphatic imine (C=N–C) groups is 1. The van der Waals surface area contributed by atoms with E-state index in [1.165, 1.54) is 16.7 Å².